The van der Waals surface area contributed by atoms with Gasteiger partial charge in [-0.25, -0.2) is 13.6 Å². The molecule has 1 atom stereocenters. The number of hydrogen-bond acceptors (Lipinski definition) is 2. The Bertz CT molecular complexity index is 861. The van der Waals surface area contributed by atoms with Gasteiger partial charge in [-0.2, -0.15) is 0 Å². The first kappa shape index (κ1) is 19.2. The van der Waals surface area contributed by atoms with Crippen molar-refractivity contribution in [3.8, 4) is 0 Å². The smallest absolute Gasteiger partial charge is 0.321 e. The Morgan fingerprint density at radius 1 is 1.11 bits per heavy atom. The van der Waals surface area contributed by atoms with E-state index in [0.717, 1.165) is 42.6 Å². The highest BCUT2D eigenvalue weighted by Gasteiger charge is 2.52. The topological polar surface area (TPSA) is 35.6 Å². The van der Waals surface area contributed by atoms with Gasteiger partial charge in [0, 0.05) is 47.9 Å². The lowest BCUT2D eigenvalue weighted by molar-refractivity contribution is -0.0915. The zero-order chi connectivity index (χ0) is 19.9. The molecule has 1 N–H and O–H groups in total. The lowest BCUT2D eigenvalue weighted by atomic mass is 9.63. The zero-order valence-electron chi connectivity index (χ0n) is 15.6. The molecule has 4 nitrogen and oxygen atoms in total. The second-order valence-electron chi connectivity index (χ2n) is 7.81. The van der Waals surface area contributed by atoms with Crippen LogP contribution in [0.4, 0.5) is 19.3 Å². The van der Waals surface area contributed by atoms with E-state index in [9.17, 15) is 13.6 Å². The second-order valence-corrected chi connectivity index (χ2v) is 8.24. The standard InChI is InChI=1S/C21H22ClF2N3O/c1-26-13-21(19(26)14-2-4-15(22)5-3-14)6-8-27(9-7-21)20(28)25-18-11-16(23)10-17(24)12-18/h2-5,10-12,19H,6-9,13H2,1H3,(H,25,28). The van der Waals surface area contributed by atoms with Crippen LogP contribution in [0.2, 0.25) is 5.02 Å². The van der Waals surface area contributed by atoms with E-state index in [0.29, 0.717) is 19.1 Å². The van der Waals surface area contributed by atoms with Gasteiger partial charge in [0.2, 0.25) is 0 Å². The maximum absolute atomic E-state index is 13.3. The van der Waals surface area contributed by atoms with E-state index >= 15 is 0 Å². The minimum atomic E-state index is -0.712. The van der Waals surface area contributed by atoms with Crippen LogP contribution in [0.5, 0.6) is 0 Å². The van der Waals surface area contributed by atoms with Crippen molar-refractivity contribution < 1.29 is 13.6 Å². The fourth-order valence-corrected chi connectivity index (χ4v) is 4.82. The molecular weight excluding hydrogens is 384 g/mol. The van der Waals surface area contributed by atoms with E-state index in [1.165, 1.54) is 5.56 Å². The van der Waals surface area contributed by atoms with Gasteiger partial charge in [-0.15, -0.1) is 0 Å². The largest absolute Gasteiger partial charge is 0.324 e. The molecule has 0 aliphatic carbocycles. The van der Waals surface area contributed by atoms with Crippen molar-refractivity contribution in [2.45, 2.75) is 18.9 Å². The lowest BCUT2D eigenvalue weighted by Crippen LogP contribution is -2.61. The molecule has 2 amide bonds. The first-order valence-electron chi connectivity index (χ1n) is 9.34. The number of amides is 2. The number of halogens is 3. The monoisotopic (exact) mass is 405 g/mol. The maximum Gasteiger partial charge on any atom is 0.321 e. The maximum atomic E-state index is 13.3. The van der Waals surface area contributed by atoms with Gasteiger partial charge in [-0.3, -0.25) is 4.90 Å². The summed E-state index contributed by atoms with van der Waals surface area (Å²) in [6.07, 6.45) is 1.77. The van der Waals surface area contributed by atoms with Crippen LogP contribution in [0.3, 0.4) is 0 Å². The SMILES string of the molecule is CN1CC2(CCN(C(=O)Nc3cc(F)cc(F)c3)CC2)C1c1ccc(Cl)cc1. The normalized spacial score (nSPS) is 21.4. The Morgan fingerprint density at radius 3 is 2.29 bits per heavy atom. The molecule has 2 aromatic rings. The van der Waals surface area contributed by atoms with E-state index in [2.05, 4.69) is 29.4 Å². The molecule has 148 valence electrons. The van der Waals surface area contributed by atoms with Crippen molar-refractivity contribution >= 4 is 23.3 Å². The predicted octanol–water partition coefficient (Wildman–Crippen LogP) is 4.92. The average Bonchev–Trinajstić information content (AvgIpc) is 2.63. The summed E-state index contributed by atoms with van der Waals surface area (Å²) in [7, 11) is 2.11. The molecular formula is C21H22ClF2N3O. The Morgan fingerprint density at radius 2 is 1.71 bits per heavy atom. The molecule has 2 heterocycles. The number of piperidine rings is 1. The molecule has 0 radical (unpaired) electrons. The minimum Gasteiger partial charge on any atom is -0.324 e. The summed E-state index contributed by atoms with van der Waals surface area (Å²) >= 11 is 6.02. The quantitative estimate of drug-likeness (QED) is 0.769. The van der Waals surface area contributed by atoms with Gasteiger partial charge in [0.15, 0.2) is 0 Å². The number of hydrogen-bond donors (Lipinski definition) is 1. The van der Waals surface area contributed by atoms with Crippen LogP contribution in [0.1, 0.15) is 24.4 Å². The lowest BCUT2D eigenvalue weighted by Gasteiger charge is -2.59. The molecule has 2 aliphatic heterocycles. The Balaban J connectivity index is 1.41. The van der Waals surface area contributed by atoms with Gasteiger partial charge in [-0.05, 0) is 49.7 Å². The van der Waals surface area contributed by atoms with Crippen LogP contribution in [0, 0.1) is 17.0 Å². The fourth-order valence-electron chi connectivity index (χ4n) is 4.70. The van der Waals surface area contributed by atoms with Crippen LogP contribution in [-0.2, 0) is 0 Å². The highest BCUT2D eigenvalue weighted by Crippen LogP contribution is 2.54. The van der Waals surface area contributed by atoms with Crippen molar-refractivity contribution in [3.63, 3.8) is 0 Å². The van der Waals surface area contributed by atoms with Gasteiger partial charge in [-0.1, -0.05) is 23.7 Å². The van der Waals surface area contributed by atoms with E-state index in [1.54, 1.807) is 4.90 Å². The molecule has 7 heteroatoms. The number of carbonyl (C=O) groups is 1. The van der Waals surface area contributed by atoms with Gasteiger partial charge < -0.3 is 10.2 Å². The highest BCUT2D eigenvalue weighted by atomic mass is 35.5. The Hall–Kier alpha value is -2.18. The van der Waals surface area contributed by atoms with Gasteiger partial charge in [0.05, 0.1) is 0 Å². The molecule has 28 heavy (non-hydrogen) atoms. The van der Waals surface area contributed by atoms with Gasteiger partial charge >= 0.3 is 6.03 Å². The summed E-state index contributed by atoms with van der Waals surface area (Å²) in [6, 6.07) is 11.0. The third kappa shape index (κ3) is 3.59. The van der Waals surface area contributed by atoms with Crippen molar-refractivity contribution in [3.05, 3.63) is 64.7 Å². The number of anilines is 1. The summed E-state index contributed by atoms with van der Waals surface area (Å²) in [6.45, 7) is 2.22. The third-order valence-corrected chi connectivity index (χ3v) is 6.18. The number of likely N-dealkylation sites (tertiary alicyclic amines) is 2. The molecule has 1 spiro atoms. The number of nitrogens with one attached hydrogen (secondary N) is 1. The molecule has 2 saturated heterocycles. The third-order valence-electron chi connectivity index (χ3n) is 5.93. The number of benzene rings is 2. The molecule has 1 unspecified atom stereocenters. The van der Waals surface area contributed by atoms with Crippen molar-refractivity contribution in [1.29, 1.82) is 0 Å². The number of nitrogens with zero attached hydrogens (tertiary/aromatic N) is 2. The summed E-state index contributed by atoms with van der Waals surface area (Å²) < 4.78 is 26.6. The summed E-state index contributed by atoms with van der Waals surface area (Å²) in [5.41, 5.74) is 1.51. The van der Waals surface area contributed by atoms with Crippen LogP contribution in [0.25, 0.3) is 0 Å². The summed E-state index contributed by atoms with van der Waals surface area (Å²) in [5.74, 6) is -1.42. The van der Waals surface area contributed by atoms with E-state index < -0.39 is 11.6 Å². The van der Waals surface area contributed by atoms with Crippen molar-refractivity contribution in [2.75, 3.05) is 32.0 Å². The first-order chi connectivity index (χ1) is 13.4. The van der Waals surface area contributed by atoms with Gasteiger partial charge in [0.1, 0.15) is 11.6 Å². The number of carbonyl (C=O) groups excluding carboxylic acids is 1. The zero-order valence-corrected chi connectivity index (χ0v) is 16.3. The molecule has 0 bridgehead atoms. The second kappa shape index (κ2) is 7.33. The van der Waals surface area contributed by atoms with Crippen LogP contribution >= 0.6 is 11.6 Å². The minimum absolute atomic E-state index is 0.130. The summed E-state index contributed by atoms with van der Waals surface area (Å²) in [4.78, 5) is 16.5. The van der Waals surface area contributed by atoms with Crippen LogP contribution in [0.15, 0.2) is 42.5 Å². The number of rotatable bonds is 2. The molecule has 2 fully saturated rings. The molecule has 4 rings (SSSR count). The first-order valence-corrected chi connectivity index (χ1v) is 9.72. The van der Waals surface area contributed by atoms with Crippen LogP contribution in [-0.4, -0.2) is 42.5 Å². The van der Waals surface area contributed by atoms with Crippen molar-refractivity contribution in [1.82, 2.24) is 9.80 Å². The highest BCUT2D eigenvalue weighted by molar-refractivity contribution is 6.30. The van der Waals surface area contributed by atoms with Crippen molar-refractivity contribution in [2.24, 2.45) is 5.41 Å². The van der Waals surface area contributed by atoms with E-state index in [-0.39, 0.29) is 17.1 Å². The molecule has 2 aliphatic rings. The van der Waals surface area contributed by atoms with E-state index in [1.807, 2.05) is 12.1 Å². The van der Waals surface area contributed by atoms with Gasteiger partial charge in [0.25, 0.3) is 0 Å². The number of urea groups is 1. The Kier molecular flexibility index (Phi) is 5.02. The average molecular weight is 406 g/mol. The predicted molar refractivity (Wildman–Crippen MR) is 105 cm³/mol. The molecule has 0 saturated carbocycles. The molecule has 2 aromatic carbocycles. The molecule has 0 aromatic heterocycles. The fraction of sp³-hybridized carbons (Fsp3) is 0.381. The van der Waals surface area contributed by atoms with E-state index in [4.69, 9.17) is 11.6 Å². The summed E-state index contributed by atoms with van der Waals surface area (Å²) in [5, 5.41) is 3.32. The van der Waals surface area contributed by atoms with Crippen LogP contribution < -0.4 is 5.32 Å². The Labute approximate surface area is 168 Å².